The molecule has 1 aliphatic carbocycles. The van der Waals surface area contributed by atoms with Crippen LogP contribution in [0.4, 0.5) is 0 Å². The lowest BCUT2D eigenvalue weighted by Gasteiger charge is -2.30. The molecule has 0 radical (unpaired) electrons. The van der Waals surface area contributed by atoms with Gasteiger partial charge in [-0.1, -0.05) is 31.9 Å². The largest absolute Gasteiger partial charge is 0.494 e. The second kappa shape index (κ2) is 5.09. The molecular weight excluding hydrogens is 212 g/mol. The van der Waals surface area contributed by atoms with Gasteiger partial charge in [-0.3, -0.25) is 0 Å². The average Bonchev–Trinajstić information content (AvgIpc) is 2.78. The van der Waals surface area contributed by atoms with Crippen LogP contribution in [0.25, 0.3) is 0 Å². The first-order valence-electron chi connectivity index (χ1n) is 6.56. The van der Waals surface area contributed by atoms with Crippen molar-refractivity contribution in [2.75, 3.05) is 6.61 Å². The van der Waals surface area contributed by atoms with Crippen molar-refractivity contribution in [3.05, 3.63) is 29.8 Å². The fourth-order valence-electron chi connectivity index (χ4n) is 2.77. The predicted octanol–water partition coefficient (Wildman–Crippen LogP) is 3.70. The van der Waals surface area contributed by atoms with E-state index in [2.05, 4.69) is 6.92 Å². The van der Waals surface area contributed by atoms with E-state index in [1.807, 2.05) is 31.2 Å². The van der Waals surface area contributed by atoms with Gasteiger partial charge in [0.25, 0.3) is 0 Å². The van der Waals surface area contributed by atoms with E-state index >= 15 is 0 Å². The van der Waals surface area contributed by atoms with Crippen molar-refractivity contribution in [2.45, 2.75) is 45.6 Å². The van der Waals surface area contributed by atoms with Gasteiger partial charge in [0.05, 0.1) is 12.7 Å². The van der Waals surface area contributed by atoms with Crippen molar-refractivity contribution >= 4 is 0 Å². The third-order valence-electron chi connectivity index (χ3n) is 3.91. The van der Waals surface area contributed by atoms with Crippen molar-refractivity contribution in [1.82, 2.24) is 0 Å². The van der Waals surface area contributed by atoms with E-state index in [1.54, 1.807) is 0 Å². The minimum absolute atomic E-state index is 0.0626. The molecule has 1 aromatic rings. The zero-order valence-corrected chi connectivity index (χ0v) is 10.8. The summed E-state index contributed by atoms with van der Waals surface area (Å²) in [6.07, 6.45) is 4.39. The number of hydrogen-bond donors (Lipinski definition) is 1. The van der Waals surface area contributed by atoms with Crippen LogP contribution in [0.2, 0.25) is 0 Å². The SMILES string of the molecule is CCOc1ccc(C(O)C2(C)CCCC2)cc1. The van der Waals surface area contributed by atoms with E-state index in [-0.39, 0.29) is 11.5 Å². The van der Waals surface area contributed by atoms with Gasteiger partial charge in [0.15, 0.2) is 0 Å². The quantitative estimate of drug-likeness (QED) is 0.860. The maximum Gasteiger partial charge on any atom is 0.119 e. The molecule has 0 heterocycles. The minimum atomic E-state index is -0.347. The molecule has 17 heavy (non-hydrogen) atoms. The van der Waals surface area contributed by atoms with Crippen molar-refractivity contribution in [1.29, 1.82) is 0 Å². The highest BCUT2D eigenvalue weighted by Crippen LogP contribution is 2.47. The zero-order chi connectivity index (χ0) is 12.3. The van der Waals surface area contributed by atoms with Crippen LogP contribution in [0, 0.1) is 5.41 Å². The van der Waals surface area contributed by atoms with Crippen molar-refractivity contribution < 1.29 is 9.84 Å². The van der Waals surface area contributed by atoms with E-state index < -0.39 is 0 Å². The van der Waals surface area contributed by atoms with Gasteiger partial charge in [-0.15, -0.1) is 0 Å². The van der Waals surface area contributed by atoms with Gasteiger partial charge in [0, 0.05) is 0 Å². The van der Waals surface area contributed by atoms with Gasteiger partial charge in [-0.05, 0) is 42.9 Å². The molecule has 0 bridgehead atoms. The lowest BCUT2D eigenvalue weighted by molar-refractivity contribution is 0.0408. The smallest absolute Gasteiger partial charge is 0.119 e. The van der Waals surface area contributed by atoms with E-state index in [1.165, 1.54) is 12.8 Å². The molecule has 1 unspecified atom stereocenters. The topological polar surface area (TPSA) is 29.5 Å². The van der Waals surface area contributed by atoms with E-state index in [0.29, 0.717) is 6.61 Å². The van der Waals surface area contributed by atoms with Crippen LogP contribution >= 0.6 is 0 Å². The summed E-state index contributed by atoms with van der Waals surface area (Å²) in [5, 5.41) is 10.5. The maximum atomic E-state index is 10.5. The molecule has 1 aromatic carbocycles. The summed E-state index contributed by atoms with van der Waals surface area (Å²) in [4.78, 5) is 0. The average molecular weight is 234 g/mol. The fraction of sp³-hybridized carbons (Fsp3) is 0.600. The summed E-state index contributed by atoms with van der Waals surface area (Å²) in [5.41, 5.74) is 1.07. The summed E-state index contributed by atoms with van der Waals surface area (Å²) < 4.78 is 5.41. The Kier molecular flexibility index (Phi) is 3.72. The molecule has 0 aromatic heterocycles. The van der Waals surface area contributed by atoms with Crippen LogP contribution in [0.15, 0.2) is 24.3 Å². The molecule has 1 aliphatic rings. The second-order valence-electron chi connectivity index (χ2n) is 5.27. The van der Waals surface area contributed by atoms with E-state index in [4.69, 9.17) is 4.74 Å². The summed E-state index contributed by atoms with van der Waals surface area (Å²) >= 11 is 0. The number of aliphatic hydroxyl groups is 1. The van der Waals surface area contributed by atoms with Gasteiger partial charge in [-0.2, -0.15) is 0 Å². The van der Waals surface area contributed by atoms with E-state index in [9.17, 15) is 5.11 Å². The molecule has 0 amide bonds. The Morgan fingerprint density at radius 1 is 1.24 bits per heavy atom. The van der Waals surface area contributed by atoms with Crippen molar-refractivity contribution in [3.63, 3.8) is 0 Å². The van der Waals surface area contributed by atoms with Gasteiger partial charge >= 0.3 is 0 Å². The van der Waals surface area contributed by atoms with Crippen LogP contribution in [0.1, 0.15) is 51.2 Å². The highest BCUT2D eigenvalue weighted by Gasteiger charge is 2.36. The molecule has 0 aliphatic heterocycles. The Hall–Kier alpha value is -1.02. The molecule has 94 valence electrons. The Labute approximate surface area is 104 Å². The Morgan fingerprint density at radius 3 is 2.35 bits per heavy atom. The lowest BCUT2D eigenvalue weighted by Crippen LogP contribution is -2.21. The molecule has 1 fully saturated rings. The van der Waals surface area contributed by atoms with Gasteiger partial charge in [0.2, 0.25) is 0 Å². The highest BCUT2D eigenvalue weighted by molar-refractivity contribution is 5.29. The molecule has 2 heteroatoms. The monoisotopic (exact) mass is 234 g/mol. The minimum Gasteiger partial charge on any atom is -0.494 e. The van der Waals surface area contributed by atoms with Gasteiger partial charge in [0.1, 0.15) is 5.75 Å². The maximum absolute atomic E-state index is 10.5. The first-order chi connectivity index (χ1) is 8.15. The third-order valence-corrected chi connectivity index (χ3v) is 3.91. The Morgan fingerprint density at radius 2 is 1.82 bits per heavy atom. The Balaban J connectivity index is 2.11. The van der Waals surface area contributed by atoms with Crippen molar-refractivity contribution in [2.24, 2.45) is 5.41 Å². The molecule has 0 spiro atoms. The first-order valence-corrected chi connectivity index (χ1v) is 6.56. The third kappa shape index (κ3) is 2.63. The number of ether oxygens (including phenoxy) is 1. The number of rotatable bonds is 4. The normalized spacial score (nSPS) is 20.2. The molecule has 0 saturated heterocycles. The molecule has 1 atom stereocenters. The zero-order valence-electron chi connectivity index (χ0n) is 10.8. The summed E-state index contributed by atoms with van der Waals surface area (Å²) in [6, 6.07) is 7.86. The van der Waals surface area contributed by atoms with Crippen LogP contribution in [0.3, 0.4) is 0 Å². The number of benzene rings is 1. The number of hydrogen-bond acceptors (Lipinski definition) is 2. The standard InChI is InChI=1S/C15H22O2/c1-3-17-13-8-6-12(7-9-13)14(16)15(2)10-4-5-11-15/h6-9,14,16H,3-5,10-11H2,1-2H3. The van der Waals surface area contributed by atoms with Crippen LogP contribution in [-0.2, 0) is 0 Å². The molecule has 1 saturated carbocycles. The van der Waals surface area contributed by atoms with Crippen LogP contribution in [0.5, 0.6) is 5.75 Å². The van der Waals surface area contributed by atoms with Crippen molar-refractivity contribution in [3.8, 4) is 5.75 Å². The highest BCUT2D eigenvalue weighted by atomic mass is 16.5. The molecule has 2 nitrogen and oxygen atoms in total. The van der Waals surface area contributed by atoms with Crippen LogP contribution < -0.4 is 4.74 Å². The molecule has 2 rings (SSSR count). The van der Waals surface area contributed by atoms with Gasteiger partial charge < -0.3 is 9.84 Å². The fourth-order valence-corrected chi connectivity index (χ4v) is 2.77. The summed E-state index contributed by atoms with van der Waals surface area (Å²) in [6.45, 7) is 4.85. The summed E-state index contributed by atoms with van der Waals surface area (Å²) in [7, 11) is 0. The lowest BCUT2D eigenvalue weighted by atomic mass is 9.79. The number of aliphatic hydroxyl groups excluding tert-OH is 1. The molecule has 1 N–H and O–H groups in total. The second-order valence-corrected chi connectivity index (χ2v) is 5.27. The van der Waals surface area contributed by atoms with Crippen LogP contribution in [-0.4, -0.2) is 11.7 Å². The molecular formula is C15H22O2. The van der Waals surface area contributed by atoms with E-state index in [0.717, 1.165) is 24.2 Å². The first kappa shape index (κ1) is 12.4. The summed E-state index contributed by atoms with van der Waals surface area (Å²) in [5.74, 6) is 0.875. The van der Waals surface area contributed by atoms with Gasteiger partial charge in [-0.25, -0.2) is 0 Å². The predicted molar refractivity (Wildman–Crippen MR) is 69.1 cm³/mol. The Bertz CT molecular complexity index is 350.